The Morgan fingerprint density at radius 1 is 0.288 bits per heavy atom. The molecule has 1 fully saturated rings. The van der Waals surface area contributed by atoms with Crippen molar-refractivity contribution < 1.29 is 9.31 Å². The lowest BCUT2D eigenvalue weighted by molar-refractivity contribution is 0.00578. The quantitative estimate of drug-likeness (QED) is 0.0963. The summed E-state index contributed by atoms with van der Waals surface area (Å²) in [7, 11) is -0.419. The minimum Gasteiger partial charge on any atom is -0.399 e. The lowest BCUT2D eigenvalue weighted by atomic mass is 9.78. The van der Waals surface area contributed by atoms with Crippen LogP contribution in [0.5, 0.6) is 0 Å². The van der Waals surface area contributed by atoms with Gasteiger partial charge in [-0.2, -0.15) is 9.97 Å². The Bertz CT molecular complexity index is 6040. The average Bonchev–Trinajstić information content (AvgIpc) is 1.53. The van der Waals surface area contributed by atoms with Crippen LogP contribution in [0.25, 0.3) is 156 Å². The van der Waals surface area contributed by atoms with E-state index < -0.39 is 18.3 Å². The Kier molecular flexibility index (Phi) is 17.0. The SMILES string of the molecule is CC1(C)OB(c2ccc3ccc4ccc5nc(-c6ccccc6)n(-c6ccccc6)c5c4c3c2)OC1(C)C.Clc1nc(-c2ccccc2)nc(-c2ccccc2)n1.c1ccc(-c2nc(-c3ccccc3)nc(-c3ccc4ccc5ccc6nc(-c7ccccc7)n(-c7ccccc7)c6c5c4c3)n2)cc1. The molecule has 104 heavy (non-hydrogen) atoms. The molecule has 498 valence electrons. The van der Waals surface area contributed by atoms with Crippen molar-refractivity contribution in [2.24, 2.45) is 0 Å². The van der Waals surface area contributed by atoms with E-state index in [9.17, 15) is 0 Å². The number of para-hydroxylation sites is 2. The summed E-state index contributed by atoms with van der Waals surface area (Å²) in [5, 5.41) is 9.42. The maximum Gasteiger partial charge on any atom is 0.494 e. The third-order valence-electron chi connectivity index (χ3n) is 19.5. The van der Waals surface area contributed by atoms with E-state index in [2.05, 4.69) is 240 Å². The molecule has 1 saturated heterocycles. The highest BCUT2D eigenvalue weighted by Gasteiger charge is 2.51. The second kappa shape index (κ2) is 27.4. The van der Waals surface area contributed by atoms with Crippen LogP contribution in [0.4, 0.5) is 0 Å². The molecule has 19 rings (SSSR count). The van der Waals surface area contributed by atoms with Crippen molar-refractivity contribution in [3.8, 4) is 91.1 Å². The fourth-order valence-electron chi connectivity index (χ4n) is 13.6. The molecular formula is C90H66BClN10O2. The van der Waals surface area contributed by atoms with Gasteiger partial charge in [-0.15, -0.1) is 0 Å². The van der Waals surface area contributed by atoms with Crippen LogP contribution in [-0.4, -0.2) is 67.3 Å². The van der Waals surface area contributed by atoms with Gasteiger partial charge in [0.2, 0.25) is 5.28 Å². The largest absolute Gasteiger partial charge is 0.494 e. The van der Waals surface area contributed by atoms with Crippen molar-refractivity contribution in [1.29, 1.82) is 0 Å². The van der Waals surface area contributed by atoms with Crippen LogP contribution in [0.3, 0.4) is 0 Å². The van der Waals surface area contributed by atoms with Gasteiger partial charge < -0.3 is 9.31 Å². The number of imidazole rings is 2. The third-order valence-corrected chi connectivity index (χ3v) is 19.7. The Labute approximate surface area is 606 Å². The van der Waals surface area contributed by atoms with E-state index in [-0.39, 0.29) is 5.28 Å². The van der Waals surface area contributed by atoms with Gasteiger partial charge in [-0.3, -0.25) is 9.13 Å². The number of hydrogen-bond acceptors (Lipinski definition) is 10. The summed E-state index contributed by atoms with van der Waals surface area (Å²) < 4.78 is 17.4. The van der Waals surface area contributed by atoms with Gasteiger partial charge in [-0.25, -0.2) is 29.9 Å². The Morgan fingerprint density at radius 3 is 0.971 bits per heavy atom. The van der Waals surface area contributed by atoms with Gasteiger partial charge in [0, 0.05) is 61.1 Å². The van der Waals surface area contributed by atoms with Crippen LogP contribution in [0.1, 0.15) is 27.7 Å². The Hall–Kier alpha value is -12.6. The number of fused-ring (bicyclic) bond motifs is 10. The van der Waals surface area contributed by atoms with E-state index in [1.807, 2.05) is 140 Å². The lowest BCUT2D eigenvalue weighted by Crippen LogP contribution is -2.41. The second-order valence-corrected chi connectivity index (χ2v) is 27.0. The Balaban J connectivity index is 0.000000125. The number of hydrogen-bond donors (Lipinski definition) is 0. The zero-order valence-electron chi connectivity index (χ0n) is 57.4. The third kappa shape index (κ3) is 12.5. The monoisotopic (exact) mass is 1360 g/mol. The van der Waals surface area contributed by atoms with Gasteiger partial charge in [-0.1, -0.05) is 285 Å². The molecular weight excluding hydrogens is 1300 g/mol. The summed E-state index contributed by atoms with van der Waals surface area (Å²) in [4.78, 5) is 38.1. The fourth-order valence-corrected chi connectivity index (χ4v) is 13.8. The molecule has 18 aromatic rings. The van der Waals surface area contributed by atoms with Crippen molar-refractivity contribution in [2.75, 3.05) is 0 Å². The van der Waals surface area contributed by atoms with Gasteiger partial charge in [0.15, 0.2) is 29.1 Å². The summed E-state index contributed by atoms with van der Waals surface area (Å²) in [6.45, 7) is 8.38. The van der Waals surface area contributed by atoms with E-state index in [1.165, 1.54) is 16.2 Å². The first-order chi connectivity index (χ1) is 50.9. The van der Waals surface area contributed by atoms with Crippen molar-refractivity contribution >= 4 is 89.3 Å². The maximum absolute atomic E-state index is 6.41. The van der Waals surface area contributed by atoms with Gasteiger partial charge in [0.05, 0.1) is 33.3 Å². The number of nitrogens with zero attached hydrogens (tertiary/aromatic N) is 10. The average molecular weight is 1370 g/mol. The number of rotatable bonds is 10. The van der Waals surface area contributed by atoms with Crippen LogP contribution in [-0.2, 0) is 9.31 Å². The van der Waals surface area contributed by atoms with Gasteiger partial charge in [-0.05, 0) is 120 Å². The molecule has 1 aliphatic heterocycles. The molecule has 14 heteroatoms. The number of halogens is 1. The van der Waals surface area contributed by atoms with Gasteiger partial charge in [0.1, 0.15) is 11.6 Å². The molecule has 5 heterocycles. The minimum atomic E-state index is -0.419. The molecule has 4 aromatic heterocycles. The molecule has 1 aliphatic rings. The van der Waals surface area contributed by atoms with Crippen LogP contribution in [0.2, 0.25) is 5.28 Å². The zero-order chi connectivity index (χ0) is 70.3. The zero-order valence-corrected chi connectivity index (χ0v) is 58.2. The fraction of sp³-hybridized carbons (Fsp3) is 0.0667. The van der Waals surface area contributed by atoms with Crippen molar-refractivity contribution in [2.45, 2.75) is 38.9 Å². The van der Waals surface area contributed by atoms with E-state index >= 15 is 0 Å². The molecule has 14 aromatic carbocycles. The van der Waals surface area contributed by atoms with Gasteiger partial charge >= 0.3 is 7.12 Å². The van der Waals surface area contributed by atoms with E-state index in [1.54, 1.807) is 0 Å². The highest BCUT2D eigenvalue weighted by atomic mass is 35.5. The van der Waals surface area contributed by atoms with Crippen molar-refractivity contribution in [3.05, 3.63) is 333 Å². The summed E-state index contributed by atoms with van der Waals surface area (Å²) >= 11 is 5.99. The maximum atomic E-state index is 6.41. The van der Waals surface area contributed by atoms with Crippen LogP contribution in [0.15, 0.2) is 328 Å². The minimum absolute atomic E-state index is 0.202. The first-order valence-corrected chi connectivity index (χ1v) is 35.1. The Morgan fingerprint density at radius 2 is 0.587 bits per heavy atom. The normalized spacial score (nSPS) is 13.1. The molecule has 0 spiro atoms. The molecule has 0 amide bonds. The topological polar surface area (TPSA) is 131 Å². The highest BCUT2D eigenvalue weighted by molar-refractivity contribution is 6.62. The summed E-state index contributed by atoms with van der Waals surface area (Å²) in [6, 6.07) is 112. The predicted molar refractivity (Wildman–Crippen MR) is 424 cm³/mol. The molecule has 0 bridgehead atoms. The molecule has 0 saturated carbocycles. The smallest absolute Gasteiger partial charge is 0.399 e. The van der Waals surface area contributed by atoms with Crippen LogP contribution >= 0.6 is 11.6 Å². The number of aromatic nitrogens is 10. The lowest BCUT2D eigenvalue weighted by Gasteiger charge is -2.32. The molecule has 0 aliphatic carbocycles. The first kappa shape index (κ1) is 64.7. The summed E-state index contributed by atoms with van der Waals surface area (Å²) in [5.41, 5.74) is 13.3. The van der Waals surface area contributed by atoms with Gasteiger partial charge in [0.25, 0.3) is 0 Å². The molecule has 12 nitrogen and oxygen atoms in total. The molecule has 0 N–H and O–H groups in total. The van der Waals surface area contributed by atoms with E-state index in [4.69, 9.17) is 45.8 Å². The first-order valence-electron chi connectivity index (χ1n) is 34.7. The summed E-state index contributed by atoms with van der Waals surface area (Å²) in [5.74, 6) is 4.92. The van der Waals surface area contributed by atoms with Crippen LogP contribution < -0.4 is 5.46 Å². The van der Waals surface area contributed by atoms with E-state index in [0.717, 1.165) is 116 Å². The number of benzene rings is 14. The highest BCUT2D eigenvalue weighted by Crippen LogP contribution is 2.42. The van der Waals surface area contributed by atoms with Crippen molar-refractivity contribution in [1.82, 2.24) is 49.0 Å². The van der Waals surface area contributed by atoms with Crippen LogP contribution in [0, 0.1) is 0 Å². The molecule has 0 radical (unpaired) electrons. The molecule has 0 atom stereocenters. The summed E-state index contributed by atoms with van der Waals surface area (Å²) in [6.07, 6.45) is 0. The second-order valence-electron chi connectivity index (χ2n) is 26.7. The predicted octanol–water partition coefficient (Wildman–Crippen LogP) is 21.3. The standard InChI is InChI=1S/C42H27N5.C33H29BN2O2.C15H10ClN3/c1-5-13-30(14-6-1)39-44-40(31-15-7-2-8-16-31)46-41(45-39)33-24-22-28-21-23-29-25-26-36-38(37(29)35(28)27-33)47(34-19-11-4-12-20-34)42(43-36)32-17-9-3-10-18-32;1-32(2)33(3,4)38-34(37-32)25-19-17-22-15-16-23-18-20-28-30(29(23)27(22)21-25)36(26-13-9-6-10-14-26)31(35-28)24-11-7-5-8-12-24;16-15-18-13(11-7-3-1-4-8-11)17-14(19-15)12-9-5-2-6-10-12/h1-27H;5-21H,1-4H3;1-10H. The molecule has 0 unspecified atom stereocenters. The van der Waals surface area contributed by atoms with Crippen molar-refractivity contribution in [3.63, 3.8) is 0 Å². The van der Waals surface area contributed by atoms with E-state index in [0.29, 0.717) is 29.1 Å².